The lowest BCUT2D eigenvalue weighted by Crippen LogP contribution is -2.30. The van der Waals surface area contributed by atoms with Gasteiger partial charge in [-0.15, -0.1) is 0 Å². The van der Waals surface area contributed by atoms with Gasteiger partial charge in [-0.3, -0.25) is 4.90 Å². The van der Waals surface area contributed by atoms with E-state index in [-0.39, 0.29) is 0 Å². The fourth-order valence-corrected chi connectivity index (χ4v) is 4.16. The summed E-state index contributed by atoms with van der Waals surface area (Å²) < 4.78 is 0. The highest BCUT2D eigenvalue weighted by Gasteiger charge is 2.39. The number of nitrogen functional groups attached to an aromatic ring is 1. The smallest absolute Gasteiger partial charge is 0.0316 e. The molecule has 0 aliphatic heterocycles. The van der Waals surface area contributed by atoms with Crippen molar-refractivity contribution in [1.82, 2.24) is 4.90 Å². The fourth-order valence-electron chi connectivity index (χ4n) is 4.16. The van der Waals surface area contributed by atoms with Gasteiger partial charge in [-0.05, 0) is 68.7 Å². The molecule has 2 N–H and O–H groups in total. The molecule has 3 rings (SSSR count). The second kappa shape index (κ2) is 5.16. The standard InChI is InChI=1S/C17H26N2/c1-12(14-5-7-17(18)8-6-14)19(2)11-16-10-13-3-4-15(16)9-13/h5-8,12-13,15-16H,3-4,9-11,18H2,1-2H3. The van der Waals surface area contributed by atoms with Crippen molar-refractivity contribution in [3.05, 3.63) is 29.8 Å². The number of hydrogen-bond donors (Lipinski definition) is 1. The van der Waals surface area contributed by atoms with Gasteiger partial charge in [0.25, 0.3) is 0 Å². The molecule has 2 aliphatic rings. The summed E-state index contributed by atoms with van der Waals surface area (Å²) in [6, 6.07) is 8.84. The maximum absolute atomic E-state index is 5.76. The quantitative estimate of drug-likeness (QED) is 0.834. The van der Waals surface area contributed by atoms with E-state index < -0.39 is 0 Å². The Morgan fingerprint density at radius 1 is 1.21 bits per heavy atom. The second-order valence-corrected chi connectivity index (χ2v) is 6.72. The van der Waals surface area contributed by atoms with Crippen LogP contribution in [0.4, 0.5) is 5.69 Å². The summed E-state index contributed by atoms with van der Waals surface area (Å²) in [5.74, 6) is 3.02. The van der Waals surface area contributed by atoms with E-state index in [1.807, 2.05) is 12.1 Å². The minimum absolute atomic E-state index is 0.486. The third-order valence-corrected chi connectivity index (χ3v) is 5.49. The molecule has 0 saturated heterocycles. The van der Waals surface area contributed by atoms with Gasteiger partial charge in [-0.25, -0.2) is 0 Å². The summed E-state index contributed by atoms with van der Waals surface area (Å²) in [4.78, 5) is 2.52. The van der Waals surface area contributed by atoms with Crippen molar-refractivity contribution in [1.29, 1.82) is 0 Å². The molecule has 2 nitrogen and oxygen atoms in total. The summed E-state index contributed by atoms with van der Waals surface area (Å²) in [6.45, 7) is 3.56. The molecule has 4 unspecified atom stereocenters. The van der Waals surface area contributed by atoms with Crippen molar-refractivity contribution >= 4 is 5.69 Å². The molecule has 0 aromatic heterocycles. The van der Waals surface area contributed by atoms with Crippen LogP contribution in [0.1, 0.15) is 44.2 Å². The lowest BCUT2D eigenvalue weighted by Gasteiger charge is -2.31. The number of benzene rings is 1. The van der Waals surface area contributed by atoms with E-state index in [0.29, 0.717) is 6.04 Å². The number of nitrogens with zero attached hydrogens (tertiary/aromatic N) is 1. The Bertz CT molecular complexity index is 425. The molecule has 4 atom stereocenters. The molecule has 1 aromatic carbocycles. The van der Waals surface area contributed by atoms with E-state index in [1.165, 1.54) is 37.8 Å². The van der Waals surface area contributed by atoms with Crippen molar-refractivity contribution < 1.29 is 0 Å². The van der Waals surface area contributed by atoms with E-state index in [1.54, 1.807) is 0 Å². The van der Waals surface area contributed by atoms with Gasteiger partial charge in [0.1, 0.15) is 0 Å². The summed E-state index contributed by atoms with van der Waals surface area (Å²) in [7, 11) is 2.27. The topological polar surface area (TPSA) is 29.3 Å². The van der Waals surface area contributed by atoms with Crippen LogP contribution in [0.5, 0.6) is 0 Å². The largest absolute Gasteiger partial charge is 0.399 e. The van der Waals surface area contributed by atoms with Crippen LogP contribution in [-0.4, -0.2) is 18.5 Å². The highest BCUT2D eigenvalue weighted by Crippen LogP contribution is 2.48. The molecule has 0 radical (unpaired) electrons. The molecule has 0 heterocycles. The van der Waals surface area contributed by atoms with E-state index >= 15 is 0 Å². The van der Waals surface area contributed by atoms with Crippen LogP contribution in [0.15, 0.2) is 24.3 Å². The second-order valence-electron chi connectivity index (χ2n) is 6.72. The Morgan fingerprint density at radius 3 is 2.53 bits per heavy atom. The van der Waals surface area contributed by atoms with E-state index in [0.717, 1.165) is 23.4 Å². The molecule has 2 saturated carbocycles. The van der Waals surface area contributed by atoms with Crippen molar-refractivity contribution in [2.24, 2.45) is 17.8 Å². The Kier molecular flexibility index (Phi) is 3.53. The highest BCUT2D eigenvalue weighted by atomic mass is 15.1. The number of anilines is 1. The highest BCUT2D eigenvalue weighted by molar-refractivity contribution is 5.40. The van der Waals surface area contributed by atoms with Gasteiger partial charge in [0.2, 0.25) is 0 Å². The minimum Gasteiger partial charge on any atom is -0.399 e. The Hall–Kier alpha value is -1.02. The predicted octanol–water partition coefficient (Wildman–Crippen LogP) is 3.70. The Balaban J connectivity index is 1.60. The molecule has 2 bridgehead atoms. The molecule has 2 heteroatoms. The number of fused-ring (bicyclic) bond motifs is 2. The van der Waals surface area contributed by atoms with Gasteiger partial charge < -0.3 is 5.73 Å². The summed E-state index contributed by atoms with van der Waals surface area (Å²) in [5.41, 5.74) is 7.99. The molecule has 2 aliphatic carbocycles. The zero-order valence-corrected chi connectivity index (χ0v) is 12.2. The maximum atomic E-state index is 5.76. The normalized spacial score (nSPS) is 31.0. The first-order valence-corrected chi connectivity index (χ1v) is 7.69. The monoisotopic (exact) mass is 258 g/mol. The SMILES string of the molecule is CC(c1ccc(N)cc1)N(C)CC1CC2CCC1C2. The van der Waals surface area contributed by atoms with Crippen molar-refractivity contribution in [3.8, 4) is 0 Å². The van der Waals surface area contributed by atoms with Crippen LogP contribution in [0, 0.1) is 17.8 Å². The van der Waals surface area contributed by atoms with Crippen molar-refractivity contribution in [3.63, 3.8) is 0 Å². The molecule has 0 amide bonds. The molecular weight excluding hydrogens is 232 g/mol. The Labute approximate surface area is 117 Å². The van der Waals surface area contributed by atoms with Crippen LogP contribution in [0.25, 0.3) is 0 Å². The third-order valence-electron chi connectivity index (χ3n) is 5.49. The first-order valence-electron chi connectivity index (χ1n) is 7.69. The van der Waals surface area contributed by atoms with Gasteiger partial charge in [0, 0.05) is 18.3 Å². The lowest BCUT2D eigenvalue weighted by atomic mass is 9.88. The van der Waals surface area contributed by atoms with Crippen LogP contribution < -0.4 is 5.73 Å². The van der Waals surface area contributed by atoms with Crippen molar-refractivity contribution in [2.45, 2.75) is 38.6 Å². The number of hydrogen-bond acceptors (Lipinski definition) is 2. The van der Waals surface area contributed by atoms with Gasteiger partial charge in [-0.1, -0.05) is 18.6 Å². The van der Waals surface area contributed by atoms with E-state index in [2.05, 4.69) is 31.0 Å². The average Bonchev–Trinajstić information content (AvgIpc) is 3.01. The minimum atomic E-state index is 0.486. The molecule has 1 aromatic rings. The maximum Gasteiger partial charge on any atom is 0.0316 e. The average molecular weight is 258 g/mol. The number of nitrogens with two attached hydrogens (primary N) is 1. The zero-order chi connectivity index (χ0) is 13.4. The molecule has 104 valence electrons. The van der Waals surface area contributed by atoms with E-state index in [4.69, 9.17) is 5.73 Å². The first-order chi connectivity index (χ1) is 9.13. The number of rotatable bonds is 4. The van der Waals surface area contributed by atoms with Crippen molar-refractivity contribution in [2.75, 3.05) is 19.3 Å². The van der Waals surface area contributed by atoms with Crippen LogP contribution >= 0.6 is 0 Å². The summed E-state index contributed by atoms with van der Waals surface area (Å²) >= 11 is 0. The van der Waals surface area contributed by atoms with Gasteiger partial charge in [0.05, 0.1) is 0 Å². The van der Waals surface area contributed by atoms with Gasteiger partial charge in [-0.2, -0.15) is 0 Å². The van der Waals surface area contributed by atoms with Crippen LogP contribution in [0.2, 0.25) is 0 Å². The Morgan fingerprint density at radius 2 is 1.95 bits per heavy atom. The molecule has 19 heavy (non-hydrogen) atoms. The third kappa shape index (κ3) is 2.64. The predicted molar refractivity (Wildman–Crippen MR) is 80.8 cm³/mol. The van der Waals surface area contributed by atoms with Crippen LogP contribution in [-0.2, 0) is 0 Å². The molecule has 0 spiro atoms. The fraction of sp³-hybridized carbons (Fsp3) is 0.647. The first kappa shape index (κ1) is 13.0. The summed E-state index contributed by atoms with van der Waals surface area (Å²) in [6.07, 6.45) is 5.97. The van der Waals surface area contributed by atoms with Gasteiger partial charge >= 0.3 is 0 Å². The summed E-state index contributed by atoms with van der Waals surface area (Å²) in [5, 5.41) is 0. The zero-order valence-electron chi connectivity index (χ0n) is 12.2. The van der Waals surface area contributed by atoms with Gasteiger partial charge in [0.15, 0.2) is 0 Å². The van der Waals surface area contributed by atoms with Crippen LogP contribution in [0.3, 0.4) is 0 Å². The van der Waals surface area contributed by atoms with E-state index in [9.17, 15) is 0 Å². The molecular formula is C17H26N2. The molecule has 2 fully saturated rings. The lowest BCUT2D eigenvalue weighted by molar-refractivity contribution is 0.182.